The first kappa shape index (κ1) is 11.2. The van der Waals surface area contributed by atoms with Crippen LogP contribution < -0.4 is 0 Å². The summed E-state index contributed by atoms with van der Waals surface area (Å²) in [6.07, 6.45) is -4.98. The van der Waals surface area contributed by atoms with Gasteiger partial charge in [-0.25, -0.2) is 0 Å². The zero-order valence-corrected chi connectivity index (χ0v) is 6.21. The molecule has 0 radical (unpaired) electrons. The molecule has 0 rings (SSSR count). The smallest absolute Gasteiger partial charge is 0.166 e. The Morgan fingerprint density at radius 3 is 2.25 bits per heavy atom. The third-order valence-electron chi connectivity index (χ3n) is 1.35. The Morgan fingerprint density at radius 1 is 1.42 bits per heavy atom. The van der Waals surface area contributed by atoms with Crippen molar-refractivity contribution in [2.45, 2.75) is 18.3 Å². The molecular formula is C6H11NO5. The number of carbonyl (C=O) groups is 1. The Kier molecular flexibility index (Phi) is 4.60. The lowest BCUT2D eigenvalue weighted by Crippen LogP contribution is -2.44. The second-order valence-corrected chi connectivity index (χ2v) is 2.26. The monoisotopic (exact) mass is 177 g/mol. The summed E-state index contributed by atoms with van der Waals surface area (Å²) in [7, 11) is 0. The molecule has 0 saturated heterocycles. The fraction of sp³-hybridized carbons (Fsp3) is 0.667. The Labute approximate surface area is 68.6 Å². The van der Waals surface area contributed by atoms with Crippen molar-refractivity contribution in [1.82, 2.24) is 0 Å². The summed E-state index contributed by atoms with van der Waals surface area (Å²) in [5, 5.41) is 41.7. The molecule has 0 amide bonds. The molecule has 0 fully saturated rings. The molecule has 0 bridgehead atoms. The number of aliphatic hydroxyl groups is 4. The van der Waals surface area contributed by atoms with Crippen molar-refractivity contribution >= 4 is 12.0 Å². The highest BCUT2D eigenvalue weighted by Crippen LogP contribution is 2.00. The molecule has 70 valence electrons. The van der Waals surface area contributed by atoms with Crippen LogP contribution in [0.15, 0.2) is 0 Å². The number of rotatable bonds is 5. The molecule has 12 heavy (non-hydrogen) atoms. The fourth-order valence-electron chi connectivity index (χ4n) is 0.572. The molecule has 0 aromatic carbocycles. The maximum absolute atomic E-state index is 9.92. The van der Waals surface area contributed by atoms with Crippen LogP contribution in [0, 0.1) is 5.41 Å². The van der Waals surface area contributed by atoms with Crippen LogP contribution in [0.25, 0.3) is 0 Å². The molecule has 0 aliphatic carbocycles. The summed E-state index contributed by atoms with van der Waals surface area (Å²) in [6, 6.07) is 0. The predicted octanol–water partition coefficient (Wildman–Crippen LogP) is -2.72. The summed E-state index contributed by atoms with van der Waals surface area (Å²) in [5.74, 6) is 0. The van der Waals surface area contributed by atoms with Crippen LogP contribution in [0.3, 0.4) is 0 Å². The molecule has 6 nitrogen and oxygen atoms in total. The summed E-state index contributed by atoms with van der Waals surface area (Å²) < 4.78 is 0. The minimum Gasteiger partial charge on any atom is -0.394 e. The number of aldehydes is 1. The molecule has 3 atom stereocenters. The van der Waals surface area contributed by atoms with Crippen LogP contribution >= 0.6 is 0 Å². The predicted molar refractivity (Wildman–Crippen MR) is 38.9 cm³/mol. The van der Waals surface area contributed by atoms with Crippen LogP contribution in [-0.4, -0.2) is 57.3 Å². The molecule has 0 heterocycles. The van der Waals surface area contributed by atoms with Crippen molar-refractivity contribution in [2.75, 3.05) is 6.61 Å². The average Bonchev–Trinajstić information content (AvgIpc) is 2.12. The Bertz CT molecular complexity index is 171. The van der Waals surface area contributed by atoms with E-state index in [1.807, 2.05) is 0 Å². The summed E-state index contributed by atoms with van der Waals surface area (Å²) >= 11 is 0. The van der Waals surface area contributed by atoms with Crippen molar-refractivity contribution in [3.05, 3.63) is 0 Å². The molecule has 0 aromatic rings. The van der Waals surface area contributed by atoms with E-state index in [0.29, 0.717) is 0 Å². The minimum atomic E-state index is -1.76. The van der Waals surface area contributed by atoms with Gasteiger partial charge in [-0.15, -0.1) is 0 Å². The number of carbonyl (C=O) groups excluding carboxylic acids is 1. The highest BCUT2D eigenvalue weighted by atomic mass is 16.4. The van der Waals surface area contributed by atoms with E-state index in [1.165, 1.54) is 0 Å². The third kappa shape index (κ3) is 2.67. The first-order valence-corrected chi connectivity index (χ1v) is 3.23. The van der Waals surface area contributed by atoms with Crippen molar-refractivity contribution in [2.24, 2.45) is 0 Å². The van der Waals surface area contributed by atoms with Gasteiger partial charge in [-0.3, -0.25) is 10.2 Å². The van der Waals surface area contributed by atoms with Gasteiger partial charge in [0.2, 0.25) is 0 Å². The molecule has 0 saturated carbocycles. The third-order valence-corrected chi connectivity index (χ3v) is 1.35. The van der Waals surface area contributed by atoms with Crippen LogP contribution in [0.1, 0.15) is 0 Å². The van der Waals surface area contributed by atoms with E-state index in [9.17, 15) is 4.79 Å². The Balaban J connectivity index is 4.17. The Hall–Kier alpha value is -0.820. The van der Waals surface area contributed by atoms with Gasteiger partial charge in [0, 0.05) is 0 Å². The SMILES string of the molecule is N=C(C=O)C(O)C(O)C(O)CO. The van der Waals surface area contributed by atoms with E-state index in [4.69, 9.17) is 25.8 Å². The maximum Gasteiger partial charge on any atom is 0.166 e. The van der Waals surface area contributed by atoms with E-state index in [-0.39, 0.29) is 6.29 Å². The molecule has 0 aliphatic heterocycles. The van der Waals surface area contributed by atoms with Gasteiger partial charge in [0.1, 0.15) is 24.0 Å². The van der Waals surface area contributed by atoms with Gasteiger partial charge in [0.15, 0.2) is 6.29 Å². The molecule has 6 heteroatoms. The number of aliphatic hydroxyl groups excluding tert-OH is 4. The zero-order chi connectivity index (χ0) is 9.72. The topological polar surface area (TPSA) is 122 Å². The lowest BCUT2D eigenvalue weighted by molar-refractivity contribution is -0.104. The first-order valence-electron chi connectivity index (χ1n) is 3.23. The second kappa shape index (κ2) is 4.94. The van der Waals surface area contributed by atoms with Crippen LogP contribution in [0.4, 0.5) is 0 Å². The van der Waals surface area contributed by atoms with Gasteiger partial charge in [-0.1, -0.05) is 0 Å². The summed E-state index contributed by atoms with van der Waals surface area (Å²) in [6.45, 7) is -0.746. The summed E-state index contributed by atoms with van der Waals surface area (Å²) in [5.41, 5.74) is -0.741. The van der Waals surface area contributed by atoms with Gasteiger partial charge < -0.3 is 20.4 Å². The number of hydrogen-bond acceptors (Lipinski definition) is 6. The van der Waals surface area contributed by atoms with Gasteiger partial charge >= 0.3 is 0 Å². The molecule has 5 N–H and O–H groups in total. The molecule has 0 spiro atoms. The lowest BCUT2D eigenvalue weighted by atomic mass is 10.1. The number of hydrogen-bond donors (Lipinski definition) is 5. The largest absolute Gasteiger partial charge is 0.394 e. The van der Waals surface area contributed by atoms with Gasteiger partial charge in [-0.05, 0) is 0 Å². The normalized spacial score (nSPS) is 18.0. The molecule has 3 unspecified atom stereocenters. The van der Waals surface area contributed by atoms with Gasteiger partial charge in [0.25, 0.3) is 0 Å². The van der Waals surface area contributed by atoms with Gasteiger partial charge in [0.05, 0.1) is 6.61 Å². The van der Waals surface area contributed by atoms with Crippen molar-refractivity contribution in [3.8, 4) is 0 Å². The van der Waals surface area contributed by atoms with Crippen molar-refractivity contribution in [1.29, 1.82) is 5.41 Å². The lowest BCUT2D eigenvalue weighted by Gasteiger charge is -2.19. The summed E-state index contributed by atoms with van der Waals surface area (Å²) in [4.78, 5) is 9.92. The zero-order valence-electron chi connectivity index (χ0n) is 6.21. The molecule has 0 aromatic heterocycles. The highest BCUT2D eigenvalue weighted by molar-refractivity contribution is 6.28. The van der Waals surface area contributed by atoms with E-state index >= 15 is 0 Å². The first-order chi connectivity index (χ1) is 5.54. The minimum absolute atomic E-state index is 0.0536. The molecule has 0 aliphatic rings. The van der Waals surface area contributed by atoms with Crippen LogP contribution in [0.5, 0.6) is 0 Å². The highest BCUT2D eigenvalue weighted by Gasteiger charge is 2.26. The van der Waals surface area contributed by atoms with E-state index in [0.717, 1.165) is 0 Å². The van der Waals surface area contributed by atoms with E-state index in [1.54, 1.807) is 0 Å². The van der Waals surface area contributed by atoms with Crippen molar-refractivity contribution in [3.63, 3.8) is 0 Å². The fourth-order valence-corrected chi connectivity index (χ4v) is 0.572. The van der Waals surface area contributed by atoms with Crippen molar-refractivity contribution < 1.29 is 25.2 Å². The van der Waals surface area contributed by atoms with E-state index < -0.39 is 30.6 Å². The average molecular weight is 177 g/mol. The standard InChI is InChI=1S/C6H11NO5/c7-3(1-8)5(11)6(12)4(10)2-9/h1,4-7,9-12H,2H2. The second-order valence-electron chi connectivity index (χ2n) is 2.26. The molecular weight excluding hydrogens is 166 g/mol. The quantitative estimate of drug-likeness (QED) is 0.231. The van der Waals surface area contributed by atoms with E-state index in [2.05, 4.69) is 0 Å². The van der Waals surface area contributed by atoms with Crippen LogP contribution in [0.2, 0.25) is 0 Å². The number of nitrogens with one attached hydrogen (secondary N) is 1. The maximum atomic E-state index is 9.92. The Morgan fingerprint density at radius 2 is 1.92 bits per heavy atom. The van der Waals surface area contributed by atoms with Crippen LogP contribution in [-0.2, 0) is 4.79 Å². The van der Waals surface area contributed by atoms with Gasteiger partial charge in [-0.2, -0.15) is 0 Å².